The SMILES string of the molecule is COCCN(c1ccc(Cl)c(C)c1)C(C)c1ccc(C)c(CN2CC(C(=O)O)C2)c1. The summed E-state index contributed by atoms with van der Waals surface area (Å²) in [7, 11) is 1.72. The van der Waals surface area contributed by atoms with E-state index in [-0.39, 0.29) is 12.0 Å². The third-order valence-corrected chi connectivity index (χ3v) is 6.46. The van der Waals surface area contributed by atoms with Gasteiger partial charge in [0.25, 0.3) is 0 Å². The van der Waals surface area contributed by atoms with Gasteiger partial charge in [0.15, 0.2) is 0 Å². The number of benzene rings is 2. The summed E-state index contributed by atoms with van der Waals surface area (Å²) >= 11 is 6.24. The Bertz CT molecular complexity index is 896. The first kappa shape index (κ1) is 22.6. The fourth-order valence-corrected chi connectivity index (χ4v) is 4.06. The number of carbonyl (C=O) groups is 1. The molecule has 1 N–H and O–H groups in total. The first-order valence-electron chi connectivity index (χ1n) is 10.4. The smallest absolute Gasteiger partial charge is 0.309 e. The average molecular weight is 431 g/mol. The van der Waals surface area contributed by atoms with Crippen LogP contribution in [-0.4, -0.2) is 49.3 Å². The highest BCUT2D eigenvalue weighted by atomic mass is 35.5. The van der Waals surface area contributed by atoms with Gasteiger partial charge in [0.05, 0.1) is 18.6 Å². The van der Waals surface area contributed by atoms with Crippen molar-refractivity contribution in [1.29, 1.82) is 0 Å². The van der Waals surface area contributed by atoms with Crippen LogP contribution in [-0.2, 0) is 16.1 Å². The van der Waals surface area contributed by atoms with E-state index in [0.29, 0.717) is 19.7 Å². The van der Waals surface area contributed by atoms with Gasteiger partial charge < -0.3 is 14.7 Å². The van der Waals surface area contributed by atoms with Crippen molar-refractivity contribution in [3.8, 4) is 0 Å². The van der Waals surface area contributed by atoms with Crippen LogP contribution >= 0.6 is 11.6 Å². The van der Waals surface area contributed by atoms with Crippen LogP contribution in [0.1, 0.15) is 35.2 Å². The molecule has 1 aliphatic heterocycles. The van der Waals surface area contributed by atoms with Gasteiger partial charge in [-0.2, -0.15) is 0 Å². The first-order valence-corrected chi connectivity index (χ1v) is 10.7. The molecule has 1 fully saturated rings. The highest BCUT2D eigenvalue weighted by Gasteiger charge is 2.32. The highest BCUT2D eigenvalue weighted by Crippen LogP contribution is 2.31. The second-order valence-electron chi connectivity index (χ2n) is 8.21. The minimum atomic E-state index is -0.697. The first-order chi connectivity index (χ1) is 14.3. The fraction of sp³-hybridized carbons (Fsp3) is 0.458. The maximum atomic E-state index is 11.1. The minimum Gasteiger partial charge on any atom is -0.481 e. The van der Waals surface area contributed by atoms with E-state index in [2.05, 4.69) is 54.0 Å². The van der Waals surface area contributed by atoms with Crippen molar-refractivity contribution in [2.45, 2.75) is 33.4 Å². The summed E-state index contributed by atoms with van der Waals surface area (Å²) in [5.74, 6) is -0.928. The van der Waals surface area contributed by atoms with Gasteiger partial charge >= 0.3 is 5.97 Å². The van der Waals surface area contributed by atoms with Crippen molar-refractivity contribution in [2.75, 3.05) is 38.3 Å². The number of rotatable bonds is 9. The molecule has 0 aliphatic carbocycles. The molecule has 1 saturated heterocycles. The Kier molecular flexibility index (Phi) is 7.40. The van der Waals surface area contributed by atoms with Crippen LogP contribution in [0.2, 0.25) is 5.02 Å². The predicted molar refractivity (Wildman–Crippen MR) is 121 cm³/mol. The third-order valence-electron chi connectivity index (χ3n) is 6.03. The van der Waals surface area contributed by atoms with Gasteiger partial charge in [-0.1, -0.05) is 29.8 Å². The molecular weight excluding hydrogens is 400 g/mol. The van der Waals surface area contributed by atoms with Crippen LogP contribution in [0.5, 0.6) is 0 Å². The molecule has 2 aromatic carbocycles. The molecule has 0 bridgehead atoms. The van der Waals surface area contributed by atoms with Crippen LogP contribution in [0.15, 0.2) is 36.4 Å². The van der Waals surface area contributed by atoms with Crippen molar-refractivity contribution >= 4 is 23.3 Å². The number of methoxy groups -OCH3 is 1. The molecule has 0 spiro atoms. The second kappa shape index (κ2) is 9.82. The van der Waals surface area contributed by atoms with Crippen LogP contribution in [0.4, 0.5) is 5.69 Å². The van der Waals surface area contributed by atoms with E-state index in [0.717, 1.165) is 29.4 Å². The molecule has 1 unspecified atom stereocenters. The number of aryl methyl sites for hydroxylation is 2. The molecule has 162 valence electrons. The van der Waals surface area contributed by atoms with Crippen LogP contribution < -0.4 is 4.90 Å². The minimum absolute atomic E-state index is 0.156. The summed E-state index contributed by atoms with van der Waals surface area (Å²) in [5.41, 5.74) is 5.89. The zero-order valence-corrected chi connectivity index (χ0v) is 18.9. The molecule has 1 aliphatic rings. The summed E-state index contributed by atoms with van der Waals surface area (Å²) in [6.07, 6.45) is 0. The summed E-state index contributed by atoms with van der Waals surface area (Å²) in [4.78, 5) is 15.6. The van der Waals surface area contributed by atoms with Gasteiger partial charge in [0.2, 0.25) is 0 Å². The van der Waals surface area contributed by atoms with E-state index < -0.39 is 5.97 Å². The lowest BCUT2D eigenvalue weighted by atomic mass is 9.96. The van der Waals surface area contributed by atoms with Crippen LogP contribution in [0.3, 0.4) is 0 Å². The third kappa shape index (κ3) is 5.15. The largest absolute Gasteiger partial charge is 0.481 e. The number of aliphatic carboxylic acids is 1. The average Bonchev–Trinajstić information content (AvgIpc) is 2.68. The van der Waals surface area contributed by atoms with Crippen LogP contribution in [0, 0.1) is 19.8 Å². The number of hydrogen-bond donors (Lipinski definition) is 1. The fourth-order valence-electron chi connectivity index (χ4n) is 3.94. The maximum Gasteiger partial charge on any atom is 0.309 e. The van der Waals surface area contributed by atoms with E-state index in [1.54, 1.807) is 7.11 Å². The van der Waals surface area contributed by atoms with Gasteiger partial charge in [0, 0.05) is 44.0 Å². The quantitative estimate of drug-likeness (QED) is 0.625. The number of ether oxygens (including phenoxy) is 1. The molecule has 0 aromatic heterocycles. The molecule has 6 heteroatoms. The van der Waals surface area contributed by atoms with E-state index in [9.17, 15) is 4.79 Å². The molecule has 3 rings (SSSR count). The van der Waals surface area contributed by atoms with Gasteiger partial charge in [-0.3, -0.25) is 9.69 Å². The van der Waals surface area contributed by atoms with Gasteiger partial charge in [0.1, 0.15) is 0 Å². The number of carboxylic acids is 1. The number of nitrogens with zero attached hydrogens (tertiary/aromatic N) is 2. The van der Waals surface area contributed by atoms with Gasteiger partial charge in [-0.15, -0.1) is 0 Å². The van der Waals surface area contributed by atoms with E-state index in [1.165, 1.54) is 16.7 Å². The number of carboxylic acid groups (broad SMARTS) is 1. The standard InChI is InChI=1S/C24H31ClN2O3/c1-16-5-6-19(12-20(16)13-26-14-21(15-26)24(28)29)18(3)27(9-10-30-4)22-7-8-23(25)17(2)11-22/h5-8,11-12,18,21H,9-10,13-15H2,1-4H3,(H,28,29). The lowest BCUT2D eigenvalue weighted by molar-refractivity contribution is -0.147. The van der Waals surface area contributed by atoms with Gasteiger partial charge in [-0.25, -0.2) is 0 Å². The normalized spacial score (nSPS) is 15.6. The zero-order valence-electron chi connectivity index (χ0n) is 18.2. The summed E-state index contributed by atoms with van der Waals surface area (Å²) in [6, 6.07) is 12.9. The molecule has 2 aromatic rings. The number of likely N-dealkylation sites (tertiary alicyclic amines) is 1. The Hall–Kier alpha value is -2.08. The van der Waals surface area contributed by atoms with E-state index in [1.807, 2.05) is 13.0 Å². The summed E-state index contributed by atoms with van der Waals surface area (Å²) in [6.45, 7) is 9.78. The molecule has 1 heterocycles. The molecule has 0 radical (unpaired) electrons. The monoisotopic (exact) mass is 430 g/mol. The summed E-state index contributed by atoms with van der Waals surface area (Å²) in [5, 5.41) is 9.88. The van der Waals surface area contributed by atoms with Gasteiger partial charge in [-0.05, 0) is 61.2 Å². The topological polar surface area (TPSA) is 53.0 Å². The Morgan fingerprint density at radius 3 is 2.60 bits per heavy atom. The lowest BCUT2D eigenvalue weighted by Crippen LogP contribution is -2.49. The number of hydrogen-bond acceptors (Lipinski definition) is 4. The van der Waals surface area contributed by atoms with E-state index in [4.69, 9.17) is 21.4 Å². The van der Waals surface area contributed by atoms with Crippen molar-refractivity contribution < 1.29 is 14.6 Å². The Balaban J connectivity index is 1.81. The van der Waals surface area contributed by atoms with Crippen molar-refractivity contribution in [3.05, 3.63) is 63.7 Å². The Morgan fingerprint density at radius 2 is 1.97 bits per heavy atom. The van der Waals surface area contributed by atoms with Crippen molar-refractivity contribution in [3.63, 3.8) is 0 Å². The van der Waals surface area contributed by atoms with E-state index >= 15 is 0 Å². The number of anilines is 1. The lowest BCUT2D eigenvalue weighted by Gasteiger charge is -2.37. The second-order valence-corrected chi connectivity index (χ2v) is 8.62. The molecule has 0 saturated carbocycles. The predicted octanol–water partition coefficient (Wildman–Crippen LogP) is 4.69. The molecule has 30 heavy (non-hydrogen) atoms. The Morgan fingerprint density at radius 1 is 1.23 bits per heavy atom. The van der Waals surface area contributed by atoms with Crippen molar-refractivity contribution in [1.82, 2.24) is 4.90 Å². The molecule has 1 atom stereocenters. The van der Waals surface area contributed by atoms with Crippen molar-refractivity contribution in [2.24, 2.45) is 5.92 Å². The number of halogens is 1. The Labute approximate surface area is 184 Å². The highest BCUT2D eigenvalue weighted by molar-refractivity contribution is 6.31. The molecule has 5 nitrogen and oxygen atoms in total. The molecule has 0 amide bonds. The van der Waals surface area contributed by atoms with Crippen LogP contribution in [0.25, 0.3) is 0 Å². The zero-order chi connectivity index (χ0) is 21.8. The molecular formula is C24H31ClN2O3. The maximum absolute atomic E-state index is 11.1. The summed E-state index contributed by atoms with van der Waals surface area (Å²) < 4.78 is 5.36.